The first-order valence-corrected chi connectivity index (χ1v) is 6.06. The zero-order valence-corrected chi connectivity index (χ0v) is 10.9. The minimum absolute atomic E-state index is 0.108. The van der Waals surface area contributed by atoms with Crippen LogP contribution in [0.2, 0.25) is 5.02 Å². The fraction of sp³-hybridized carbons (Fsp3) is 0.0714. The lowest BCUT2D eigenvalue weighted by molar-refractivity contribution is -0.136. The number of alkyl halides is 3. The first-order valence-electron chi connectivity index (χ1n) is 5.68. The highest BCUT2D eigenvalue weighted by Gasteiger charge is 2.33. The Morgan fingerprint density at radius 1 is 1.00 bits per heavy atom. The summed E-state index contributed by atoms with van der Waals surface area (Å²) in [6.45, 7) is 0. The Bertz CT molecular complexity index is 624. The maximum Gasteiger partial charge on any atom is 0.418 e. The first-order chi connectivity index (χ1) is 9.48. The molecule has 2 aromatic rings. The van der Waals surface area contributed by atoms with Crippen LogP contribution in [-0.4, -0.2) is 6.21 Å². The summed E-state index contributed by atoms with van der Waals surface area (Å²) >= 11 is 5.91. The van der Waals surface area contributed by atoms with Gasteiger partial charge in [-0.1, -0.05) is 41.9 Å². The van der Waals surface area contributed by atoms with Crippen molar-refractivity contribution in [2.75, 3.05) is 5.43 Å². The molecular weight excluding hydrogens is 289 g/mol. The van der Waals surface area contributed by atoms with Gasteiger partial charge >= 0.3 is 6.18 Å². The largest absolute Gasteiger partial charge is 0.418 e. The Labute approximate surface area is 118 Å². The van der Waals surface area contributed by atoms with Crippen molar-refractivity contribution in [3.05, 3.63) is 64.7 Å². The third kappa shape index (κ3) is 3.51. The Hall–Kier alpha value is -2.01. The van der Waals surface area contributed by atoms with Gasteiger partial charge in [0.2, 0.25) is 0 Å². The van der Waals surface area contributed by atoms with Crippen LogP contribution in [0.1, 0.15) is 11.1 Å². The number of nitrogens with one attached hydrogen (secondary N) is 1. The Balaban J connectivity index is 2.18. The molecule has 2 rings (SSSR count). The number of rotatable bonds is 3. The fourth-order valence-electron chi connectivity index (χ4n) is 1.58. The molecule has 0 saturated carbocycles. The van der Waals surface area contributed by atoms with Crippen LogP contribution < -0.4 is 5.43 Å². The van der Waals surface area contributed by atoms with Crippen LogP contribution in [0.15, 0.2) is 53.6 Å². The molecule has 20 heavy (non-hydrogen) atoms. The molecule has 0 aliphatic rings. The molecule has 2 aromatic carbocycles. The minimum atomic E-state index is -4.43. The van der Waals surface area contributed by atoms with Crippen LogP contribution >= 0.6 is 11.6 Å². The lowest BCUT2D eigenvalue weighted by Gasteiger charge is -2.11. The van der Waals surface area contributed by atoms with Crippen LogP contribution in [0.4, 0.5) is 18.9 Å². The number of nitrogens with zero attached hydrogens (tertiary/aromatic N) is 1. The highest BCUT2D eigenvalue weighted by molar-refractivity contribution is 6.33. The highest BCUT2D eigenvalue weighted by Crippen LogP contribution is 2.34. The molecule has 0 aromatic heterocycles. The van der Waals surface area contributed by atoms with Gasteiger partial charge in [0.15, 0.2) is 0 Å². The average Bonchev–Trinajstić information content (AvgIpc) is 2.40. The van der Waals surface area contributed by atoms with Gasteiger partial charge in [-0.2, -0.15) is 18.3 Å². The summed E-state index contributed by atoms with van der Waals surface area (Å²) in [6.07, 6.45) is -3.06. The van der Waals surface area contributed by atoms with Crippen molar-refractivity contribution in [2.45, 2.75) is 6.18 Å². The molecule has 1 N–H and O–H groups in total. The van der Waals surface area contributed by atoms with Gasteiger partial charge in [0.25, 0.3) is 0 Å². The second-order valence-corrected chi connectivity index (χ2v) is 4.34. The number of halogens is 4. The van der Waals surface area contributed by atoms with Crippen molar-refractivity contribution in [1.82, 2.24) is 0 Å². The number of anilines is 1. The molecule has 104 valence electrons. The molecule has 0 aliphatic carbocycles. The van der Waals surface area contributed by atoms with E-state index in [4.69, 9.17) is 11.6 Å². The Morgan fingerprint density at radius 3 is 2.35 bits per heavy atom. The molecule has 0 unspecified atom stereocenters. The van der Waals surface area contributed by atoms with Crippen molar-refractivity contribution in [2.24, 2.45) is 5.10 Å². The minimum Gasteiger partial charge on any atom is -0.278 e. The summed E-state index contributed by atoms with van der Waals surface area (Å²) in [7, 11) is 0. The molecule has 0 radical (unpaired) electrons. The van der Waals surface area contributed by atoms with Crippen molar-refractivity contribution in [1.29, 1.82) is 0 Å². The number of hydrogen-bond acceptors (Lipinski definition) is 2. The number of hydrogen-bond donors (Lipinski definition) is 1. The lowest BCUT2D eigenvalue weighted by atomic mass is 10.2. The standard InChI is InChI=1S/C14H10ClF3N2/c15-12-7-3-1-5-10(12)9-19-20-13-8-4-2-6-11(13)14(16,17)18/h1-9,20H/b19-9-. The van der Waals surface area contributed by atoms with Crippen molar-refractivity contribution in [3.63, 3.8) is 0 Å². The van der Waals surface area contributed by atoms with E-state index in [1.54, 1.807) is 24.3 Å². The molecule has 0 atom stereocenters. The predicted molar refractivity (Wildman–Crippen MR) is 74.1 cm³/mol. The second kappa shape index (κ2) is 5.96. The van der Waals surface area contributed by atoms with E-state index in [0.717, 1.165) is 6.07 Å². The van der Waals surface area contributed by atoms with Crippen molar-refractivity contribution >= 4 is 23.5 Å². The van der Waals surface area contributed by atoms with Gasteiger partial charge in [-0.3, -0.25) is 5.43 Å². The van der Waals surface area contributed by atoms with E-state index in [2.05, 4.69) is 10.5 Å². The van der Waals surface area contributed by atoms with E-state index in [1.165, 1.54) is 24.4 Å². The Kier molecular flexibility index (Phi) is 4.29. The van der Waals surface area contributed by atoms with Crippen molar-refractivity contribution < 1.29 is 13.2 Å². The average molecular weight is 299 g/mol. The zero-order valence-electron chi connectivity index (χ0n) is 10.2. The van der Waals surface area contributed by atoms with Crippen LogP contribution in [-0.2, 0) is 6.18 Å². The maximum atomic E-state index is 12.7. The summed E-state index contributed by atoms with van der Waals surface area (Å²) in [5, 5.41) is 4.26. The molecule has 0 aliphatic heterocycles. The smallest absolute Gasteiger partial charge is 0.278 e. The quantitative estimate of drug-likeness (QED) is 0.638. The first kappa shape index (κ1) is 14.4. The van der Waals surface area contributed by atoms with Gasteiger partial charge in [0, 0.05) is 10.6 Å². The Morgan fingerprint density at radius 2 is 1.65 bits per heavy atom. The van der Waals surface area contributed by atoms with Crippen LogP contribution in [0.5, 0.6) is 0 Å². The van der Waals surface area contributed by atoms with Gasteiger partial charge in [-0.25, -0.2) is 0 Å². The van der Waals surface area contributed by atoms with E-state index < -0.39 is 11.7 Å². The topological polar surface area (TPSA) is 24.4 Å². The molecular formula is C14H10ClF3N2. The second-order valence-electron chi connectivity index (χ2n) is 3.93. The third-order valence-corrected chi connectivity index (χ3v) is 2.87. The lowest BCUT2D eigenvalue weighted by Crippen LogP contribution is -2.08. The zero-order chi connectivity index (χ0) is 14.6. The monoisotopic (exact) mass is 298 g/mol. The highest BCUT2D eigenvalue weighted by atomic mass is 35.5. The predicted octanol–water partition coefficient (Wildman–Crippen LogP) is 4.80. The van der Waals surface area contributed by atoms with Crippen LogP contribution in [0, 0.1) is 0 Å². The molecule has 0 amide bonds. The normalized spacial score (nSPS) is 11.8. The van der Waals surface area contributed by atoms with Crippen LogP contribution in [0.25, 0.3) is 0 Å². The van der Waals surface area contributed by atoms with E-state index in [9.17, 15) is 13.2 Å². The molecule has 2 nitrogen and oxygen atoms in total. The van der Waals surface area contributed by atoms with Crippen molar-refractivity contribution in [3.8, 4) is 0 Å². The van der Waals surface area contributed by atoms with E-state index in [1.807, 2.05) is 0 Å². The molecule has 0 bridgehead atoms. The summed E-state index contributed by atoms with van der Waals surface area (Å²) < 4.78 is 38.2. The number of para-hydroxylation sites is 1. The third-order valence-electron chi connectivity index (χ3n) is 2.53. The summed E-state index contributed by atoms with van der Waals surface area (Å²) in [6, 6.07) is 12.0. The van der Waals surface area contributed by atoms with Gasteiger partial charge in [0.05, 0.1) is 17.5 Å². The molecule has 0 spiro atoms. The summed E-state index contributed by atoms with van der Waals surface area (Å²) in [5.41, 5.74) is 2.13. The fourth-order valence-corrected chi connectivity index (χ4v) is 1.76. The van der Waals surface area contributed by atoms with Gasteiger partial charge < -0.3 is 0 Å². The van der Waals surface area contributed by atoms with Crippen LogP contribution in [0.3, 0.4) is 0 Å². The SMILES string of the molecule is FC(F)(F)c1ccccc1N/N=C\c1ccccc1Cl. The summed E-state index contributed by atoms with van der Waals surface area (Å²) in [4.78, 5) is 0. The van der Waals surface area contributed by atoms with Gasteiger partial charge in [0.1, 0.15) is 0 Å². The van der Waals surface area contributed by atoms with Gasteiger partial charge in [-0.15, -0.1) is 0 Å². The van der Waals surface area contributed by atoms with Gasteiger partial charge in [-0.05, 0) is 18.2 Å². The van der Waals surface area contributed by atoms with E-state index in [0.29, 0.717) is 10.6 Å². The molecule has 0 fully saturated rings. The molecule has 6 heteroatoms. The number of benzene rings is 2. The molecule has 0 heterocycles. The van der Waals surface area contributed by atoms with E-state index in [-0.39, 0.29) is 5.69 Å². The summed E-state index contributed by atoms with van der Waals surface area (Å²) in [5.74, 6) is 0. The molecule has 0 saturated heterocycles. The number of hydrazone groups is 1. The maximum absolute atomic E-state index is 12.7. The van der Waals surface area contributed by atoms with E-state index >= 15 is 0 Å².